The standard InChI is InChI=1S/C13H24FN3/c1-6-10-7-11(17(5)16-10)8-13(14,9-15)12(2,3)4/h7H,6,8-9,15H2,1-5H3. The van der Waals surface area contributed by atoms with Crippen LogP contribution in [0.15, 0.2) is 6.07 Å². The van der Waals surface area contributed by atoms with E-state index in [-0.39, 0.29) is 6.54 Å². The van der Waals surface area contributed by atoms with Crippen molar-refractivity contribution in [2.75, 3.05) is 6.54 Å². The van der Waals surface area contributed by atoms with E-state index in [0.717, 1.165) is 17.8 Å². The van der Waals surface area contributed by atoms with Crippen molar-refractivity contribution < 1.29 is 4.39 Å². The van der Waals surface area contributed by atoms with Gasteiger partial charge in [-0.3, -0.25) is 4.68 Å². The molecule has 0 aromatic carbocycles. The van der Waals surface area contributed by atoms with Gasteiger partial charge in [-0.1, -0.05) is 27.7 Å². The molecule has 1 rings (SSSR count). The van der Waals surface area contributed by atoms with Gasteiger partial charge in [0, 0.05) is 25.7 Å². The highest BCUT2D eigenvalue weighted by Crippen LogP contribution is 2.36. The molecule has 0 radical (unpaired) electrons. The Balaban J connectivity index is 2.99. The summed E-state index contributed by atoms with van der Waals surface area (Å²) in [7, 11) is 1.86. The van der Waals surface area contributed by atoms with Crippen LogP contribution in [-0.4, -0.2) is 22.0 Å². The summed E-state index contributed by atoms with van der Waals surface area (Å²) in [6.45, 7) is 7.73. The van der Waals surface area contributed by atoms with Gasteiger partial charge in [0.2, 0.25) is 0 Å². The van der Waals surface area contributed by atoms with Crippen molar-refractivity contribution in [3.8, 4) is 0 Å². The number of alkyl halides is 1. The lowest BCUT2D eigenvalue weighted by Crippen LogP contribution is -2.47. The average molecular weight is 241 g/mol. The van der Waals surface area contributed by atoms with Gasteiger partial charge in [0.15, 0.2) is 0 Å². The third-order valence-electron chi connectivity index (χ3n) is 3.52. The molecular formula is C13H24FN3. The van der Waals surface area contributed by atoms with E-state index in [9.17, 15) is 4.39 Å². The van der Waals surface area contributed by atoms with E-state index in [1.165, 1.54) is 0 Å². The summed E-state index contributed by atoms with van der Waals surface area (Å²) in [6, 6.07) is 1.97. The Bertz CT molecular complexity index is 379. The van der Waals surface area contributed by atoms with Crippen LogP contribution in [0, 0.1) is 5.41 Å². The highest BCUT2D eigenvalue weighted by Gasteiger charge is 2.41. The monoisotopic (exact) mass is 241 g/mol. The summed E-state index contributed by atoms with van der Waals surface area (Å²) in [5.74, 6) is 0. The summed E-state index contributed by atoms with van der Waals surface area (Å²) in [4.78, 5) is 0. The number of halogens is 1. The zero-order valence-corrected chi connectivity index (χ0v) is 11.5. The number of nitrogens with zero attached hydrogens (tertiary/aromatic N) is 2. The van der Waals surface area contributed by atoms with Gasteiger partial charge in [-0.2, -0.15) is 5.10 Å². The molecule has 3 nitrogen and oxygen atoms in total. The van der Waals surface area contributed by atoms with Crippen molar-refractivity contribution in [3.05, 3.63) is 17.5 Å². The molecule has 0 fully saturated rings. The number of rotatable bonds is 4. The predicted octanol–water partition coefficient (Wildman–Crippen LogP) is 2.24. The Hall–Kier alpha value is -0.900. The molecule has 1 heterocycles. The Morgan fingerprint density at radius 3 is 2.35 bits per heavy atom. The number of hydrogen-bond acceptors (Lipinski definition) is 2. The molecule has 1 aromatic heterocycles. The normalized spacial score (nSPS) is 15.9. The average Bonchev–Trinajstić information content (AvgIpc) is 2.58. The summed E-state index contributed by atoms with van der Waals surface area (Å²) < 4.78 is 16.6. The maximum absolute atomic E-state index is 14.8. The molecule has 0 aliphatic heterocycles. The maximum Gasteiger partial charge on any atom is 0.133 e. The number of aromatic nitrogens is 2. The molecule has 0 aliphatic rings. The van der Waals surface area contributed by atoms with Gasteiger partial charge in [0.05, 0.1) is 5.69 Å². The highest BCUT2D eigenvalue weighted by molar-refractivity contribution is 5.14. The van der Waals surface area contributed by atoms with Gasteiger partial charge in [0.25, 0.3) is 0 Å². The van der Waals surface area contributed by atoms with E-state index in [2.05, 4.69) is 5.10 Å². The SMILES string of the molecule is CCc1cc(CC(F)(CN)C(C)(C)C)n(C)n1. The van der Waals surface area contributed by atoms with Crippen molar-refractivity contribution in [1.82, 2.24) is 9.78 Å². The molecule has 1 unspecified atom stereocenters. The minimum atomic E-state index is -1.40. The Labute approximate surface area is 103 Å². The molecule has 0 bridgehead atoms. The van der Waals surface area contributed by atoms with Crippen LogP contribution in [0.2, 0.25) is 0 Å². The molecule has 0 saturated carbocycles. The van der Waals surface area contributed by atoms with Crippen molar-refractivity contribution in [2.45, 2.75) is 46.2 Å². The molecule has 0 saturated heterocycles. The van der Waals surface area contributed by atoms with Crippen molar-refractivity contribution in [2.24, 2.45) is 18.2 Å². The van der Waals surface area contributed by atoms with Gasteiger partial charge in [-0.05, 0) is 17.9 Å². The first-order valence-electron chi connectivity index (χ1n) is 6.14. The summed E-state index contributed by atoms with van der Waals surface area (Å²) in [5.41, 5.74) is 5.66. The van der Waals surface area contributed by atoms with Gasteiger partial charge in [-0.15, -0.1) is 0 Å². The van der Waals surface area contributed by atoms with Gasteiger partial charge in [0.1, 0.15) is 5.67 Å². The molecule has 98 valence electrons. The van der Waals surface area contributed by atoms with Crippen molar-refractivity contribution >= 4 is 0 Å². The minimum absolute atomic E-state index is 0.0309. The molecule has 0 amide bonds. The third kappa shape index (κ3) is 2.86. The predicted molar refractivity (Wildman–Crippen MR) is 68.6 cm³/mol. The van der Waals surface area contributed by atoms with Crippen LogP contribution >= 0.6 is 0 Å². The van der Waals surface area contributed by atoms with E-state index in [0.29, 0.717) is 6.42 Å². The first kappa shape index (κ1) is 14.2. The third-order valence-corrected chi connectivity index (χ3v) is 3.52. The summed E-state index contributed by atoms with van der Waals surface area (Å²) >= 11 is 0. The molecule has 0 spiro atoms. The quantitative estimate of drug-likeness (QED) is 0.878. The fourth-order valence-corrected chi connectivity index (χ4v) is 1.84. The van der Waals surface area contributed by atoms with Crippen molar-refractivity contribution in [1.29, 1.82) is 0 Å². The van der Waals surface area contributed by atoms with Crippen LogP contribution in [0.3, 0.4) is 0 Å². The summed E-state index contributed by atoms with van der Waals surface area (Å²) in [6.07, 6.45) is 1.18. The minimum Gasteiger partial charge on any atom is -0.327 e. The Kier molecular flexibility index (Phi) is 3.97. The first-order chi connectivity index (χ1) is 7.73. The van der Waals surface area contributed by atoms with Crippen LogP contribution in [0.1, 0.15) is 39.1 Å². The molecule has 4 heteroatoms. The van der Waals surface area contributed by atoms with E-state index >= 15 is 0 Å². The lowest BCUT2D eigenvalue weighted by Gasteiger charge is -2.36. The van der Waals surface area contributed by atoms with Gasteiger partial charge in [-0.25, -0.2) is 4.39 Å². The smallest absolute Gasteiger partial charge is 0.133 e. The Morgan fingerprint density at radius 1 is 1.41 bits per heavy atom. The molecule has 17 heavy (non-hydrogen) atoms. The lowest BCUT2D eigenvalue weighted by atomic mass is 9.75. The lowest BCUT2D eigenvalue weighted by molar-refractivity contribution is 0.0364. The van der Waals surface area contributed by atoms with E-state index in [1.54, 1.807) is 4.68 Å². The molecule has 1 aromatic rings. The summed E-state index contributed by atoms with van der Waals surface area (Å²) in [5, 5.41) is 4.34. The fourth-order valence-electron chi connectivity index (χ4n) is 1.84. The second-order valence-corrected chi connectivity index (χ2v) is 5.70. The van der Waals surface area contributed by atoms with Crippen LogP contribution < -0.4 is 5.73 Å². The van der Waals surface area contributed by atoms with Crippen LogP contribution in [0.4, 0.5) is 4.39 Å². The molecular weight excluding hydrogens is 217 g/mol. The van der Waals surface area contributed by atoms with Gasteiger partial charge < -0.3 is 5.73 Å². The largest absolute Gasteiger partial charge is 0.327 e. The Morgan fingerprint density at radius 2 is 2.00 bits per heavy atom. The molecule has 2 N–H and O–H groups in total. The van der Waals surface area contributed by atoms with Crippen LogP contribution in [0.5, 0.6) is 0 Å². The van der Waals surface area contributed by atoms with Crippen LogP contribution in [0.25, 0.3) is 0 Å². The van der Waals surface area contributed by atoms with Crippen molar-refractivity contribution in [3.63, 3.8) is 0 Å². The second-order valence-electron chi connectivity index (χ2n) is 5.70. The number of nitrogens with two attached hydrogens (primary N) is 1. The second kappa shape index (κ2) is 4.77. The van der Waals surface area contributed by atoms with E-state index in [1.807, 2.05) is 40.8 Å². The van der Waals surface area contributed by atoms with E-state index < -0.39 is 11.1 Å². The number of hydrogen-bond donors (Lipinski definition) is 1. The van der Waals surface area contributed by atoms with Gasteiger partial charge >= 0.3 is 0 Å². The maximum atomic E-state index is 14.8. The number of aryl methyl sites for hydroxylation is 2. The van der Waals surface area contributed by atoms with E-state index in [4.69, 9.17) is 5.73 Å². The van der Waals surface area contributed by atoms with Crippen LogP contribution in [-0.2, 0) is 19.9 Å². The first-order valence-corrected chi connectivity index (χ1v) is 6.14. The molecule has 0 aliphatic carbocycles. The molecule has 1 atom stereocenters. The highest BCUT2D eigenvalue weighted by atomic mass is 19.1. The zero-order chi connectivity index (χ0) is 13.3. The zero-order valence-electron chi connectivity index (χ0n) is 11.5. The topological polar surface area (TPSA) is 43.8 Å². The fraction of sp³-hybridized carbons (Fsp3) is 0.769.